The fourth-order valence-electron chi connectivity index (χ4n) is 3.26. The number of rotatable bonds is 7. The minimum Gasteiger partial charge on any atom is -0.543 e. The van der Waals surface area contributed by atoms with Crippen LogP contribution in [0.4, 0.5) is 5.13 Å². The number of hydrogen-bond donors (Lipinski definition) is 3. The fraction of sp³-hybridized carbons (Fsp3) is 0.222. The van der Waals surface area contributed by atoms with Crippen LogP contribution in [0, 0.1) is 0 Å². The van der Waals surface area contributed by atoms with Crippen LogP contribution in [-0.2, 0) is 14.4 Å². The molecule has 4 N–H and O–H groups in total. The summed E-state index contributed by atoms with van der Waals surface area (Å²) in [7, 11) is 1.42. The van der Waals surface area contributed by atoms with E-state index in [1.54, 1.807) is 0 Å². The van der Waals surface area contributed by atoms with Gasteiger partial charge < -0.3 is 35.4 Å². The van der Waals surface area contributed by atoms with Gasteiger partial charge in [-0.15, -0.1) is 11.8 Å². The van der Waals surface area contributed by atoms with Crippen molar-refractivity contribution in [1.82, 2.24) is 20.4 Å². The van der Waals surface area contributed by atoms with Gasteiger partial charge >= 0.3 is 29.6 Å². The molecule has 2 aromatic heterocycles. The zero-order chi connectivity index (χ0) is 24.6. The van der Waals surface area contributed by atoms with Gasteiger partial charge in [0.2, 0.25) is 0 Å². The molecule has 2 aromatic rings. The number of aliphatic carboxylic acids is 1. The number of hydrogen-bond acceptors (Lipinski definition) is 13. The molecule has 4 rings (SSSR count). The van der Waals surface area contributed by atoms with Gasteiger partial charge in [-0.05, 0) is 16.8 Å². The second-order valence-corrected chi connectivity index (χ2v) is 9.49. The number of allylic oxidation sites excluding steroid dienone is 1. The van der Waals surface area contributed by atoms with E-state index in [9.17, 15) is 24.7 Å². The number of nitrogens with one attached hydrogen (secondary N) is 1. The quantitative estimate of drug-likeness (QED) is 0.103. The minimum absolute atomic E-state index is 0. The van der Waals surface area contributed by atoms with Crippen LogP contribution in [0.3, 0.4) is 0 Å². The van der Waals surface area contributed by atoms with E-state index in [-0.39, 0.29) is 62.0 Å². The molecule has 0 saturated carbocycles. The van der Waals surface area contributed by atoms with Crippen LogP contribution in [-0.4, -0.2) is 68.0 Å². The molecule has 2 atom stereocenters. The first-order chi connectivity index (χ1) is 16.2. The third-order valence-electron chi connectivity index (χ3n) is 4.78. The van der Waals surface area contributed by atoms with Crippen LogP contribution in [0.1, 0.15) is 11.5 Å². The molecule has 2 amide bonds. The molecule has 178 valence electrons. The van der Waals surface area contributed by atoms with Crippen molar-refractivity contribution in [3.8, 4) is 5.88 Å². The van der Waals surface area contributed by atoms with E-state index < -0.39 is 34.9 Å². The molecule has 0 aromatic carbocycles. The summed E-state index contributed by atoms with van der Waals surface area (Å²) in [4.78, 5) is 42.1. The van der Waals surface area contributed by atoms with Crippen molar-refractivity contribution in [2.45, 2.75) is 11.4 Å². The van der Waals surface area contributed by atoms with Crippen molar-refractivity contribution in [2.75, 3.05) is 18.6 Å². The Balaban J connectivity index is 0.00000342. The number of amides is 2. The van der Waals surface area contributed by atoms with E-state index in [1.807, 2.05) is 0 Å². The van der Waals surface area contributed by atoms with Crippen LogP contribution < -0.4 is 50.5 Å². The molecule has 1 fully saturated rings. The number of carbonyl (C=O) groups is 3. The standard InChI is InChI=1S/C18H15ClN6O7S2.Na/c1-31-8-4-7(32-24-8)3-2-6-5-33-16-11(15(27)25(16)12(6)17(28)29)21-14(26)10(23-30)9-13(19)34-18(20)22-9;/h2-4,11,16,30H,5H2,1H3,(H2,20,22)(H,21,26)(H,28,29);/q;+1/p-1/b3-2-,23-10-;/t11-,16-;/m1./s1. The Bertz CT molecular complexity index is 1280. The number of oxime groups is 1. The number of anilines is 1. The summed E-state index contributed by atoms with van der Waals surface area (Å²) >= 11 is 8.06. The zero-order valence-electron chi connectivity index (χ0n) is 18.1. The maximum Gasteiger partial charge on any atom is 1.00 e. The molecule has 1 saturated heterocycles. The van der Waals surface area contributed by atoms with E-state index in [2.05, 4.69) is 20.6 Å². The summed E-state index contributed by atoms with van der Waals surface area (Å²) in [6.07, 6.45) is 2.95. The molecular weight excluding hydrogens is 535 g/mol. The monoisotopic (exact) mass is 548 g/mol. The number of carboxylic acid groups (broad SMARTS) is 1. The van der Waals surface area contributed by atoms with E-state index in [4.69, 9.17) is 26.6 Å². The normalized spacial score (nSPS) is 19.8. The summed E-state index contributed by atoms with van der Waals surface area (Å²) in [5.74, 6) is -2.42. The molecular formula is C18H14ClN6NaO7S2. The SMILES string of the molecule is COc1cc(/C=C\C2=C(C(=O)[O-])N3C(=O)[C@@H](NC(=O)/C(=N\O)c4nc(N)sc4Cl)[C@H]3SC2)on1.[Na+]. The predicted molar refractivity (Wildman–Crippen MR) is 119 cm³/mol. The first kappa shape index (κ1) is 27.0. The number of carboxylic acids is 1. The van der Waals surface area contributed by atoms with Gasteiger partial charge in [0.25, 0.3) is 17.7 Å². The van der Waals surface area contributed by atoms with Crippen LogP contribution in [0.25, 0.3) is 6.08 Å². The number of ether oxygens (including phenoxy) is 1. The number of nitrogens with two attached hydrogens (primary N) is 1. The van der Waals surface area contributed by atoms with Gasteiger partial charge in [0.05, 0.1) is 18.8 Å². The second kappa shape index (κ2) is 11.0. The molecule has 0 spiro atoms. The molecule has 0 aliphatic carbocycles. The van der Waals surface area contributed by atoms with Gasteiger partial charge in [-0.3, -0.25) is 14.5 Å². The van der Waals surface area contributed by atoms with Crippen LogP contribution >= 0.6 is 34.7 Å². The van der Waals surface area contributed by atoms with Gasteiger partial charge in [0.1, 0.15) is 21.4 Å². The van der Waals surface area contributed by atoms with Crippen LogP contribution in [0.2, 0.25) is 4.34 Å². The summed E-state index contributed by atoms with van der Waals surface area (Å²) < 4.78 is 9.97. The van der Waals surface area contributed by atoms with Crippen LogP contribution in [0.5, 0.6) is 5.88 Å². The maximum atomic E-state index is 12.8. The largest absolute Gasteiger partial charge is 1.00 e. The topological polar surface area (TPSA) is 196 Å². The van der Waals surface area contributed by atoms with Gasteiger partial charge in [0.15, 0.2) is 16.6 Å². The van der Waals surface area contributed by atoms with Crippen molar-refractivity contribution in [3.63, 3.8) is 0 Å². The number of nitrogen functional groups attached to an aromatic ring is 1. The first-order valence-corrected chi connectivity index (χ1v) is 11.5. The molecule has 4 heterocycles. The molecule has 35 heavy (non-hydrogen) atoms. The Hall–Kier alpha value is -2.56. The third-order valence-corrected chi connectivity index (χ3v) is 7.17. The Morgan fingerprint density at radius 2 is 2.23 bits per heavy atom. The fourth-order valence-corrected chi connectivity index (χ4v) is 5.51. The van der Waals surface area contributed by atoms with E-state index in [0.29, 0.717) is 11.3 Å². The van der Waals surface area contributed by atoms with E-state index in [1.165, 1.54) is 37.1 Å². The summed E-state index contributed by atoms with van der Waals surface area (Å²) in [6, 6.07) is 0.416. The van der Waals surface area contributed by atoms with Gasteiger partial charge in [-0.25, -0.2) is 4.98 Å². The number of β-lactam (4-membered cyclic amide) rings is 1. The van der Waals surface area contributed by atoms with Gasteiger partial charge in [0, 0.05) is 11.8 Å². The third kappa shape index (κ3) is 5.19. The number of nitrogens with zero attached hydrogens (tertiary/aromatic N) is 4. The molecule has 2 aliphatic heterocycles. The van der Waals surface area contributed by atoms with Crippen molar-refractivity contribution >= 4 is 69.4 Å². The molecule has 0 radical (unpaired) electrons. The second-order valence-electron chi connectivity index (χ2n) is 6.75. The number of carbonyl (C=O) groups excluding carboxylic acids is 3. The average Bonchev–Trinajstić information content (AvgIpc) is 3.41. The molecule has 17 heteroatoms. The molecule has 0 unspecified atom stereocenters. The molecule has 2 aliphatic rings. The number of methoxy groups -OCH3 is 1. The Morgan fingerprint density at radius 3 is 2.80 bits per heavy atom. The molecule has 13 nitrogen and oxygen atoms in total. The summed E-state index contributed by atoms with van der Waals surface area (Å²) in [5, 5.41) is 29.4. The Kier molecular flexibility index (Phi) is 8.50. The number of aromatic nitrogens is 2. The Labute approximate surface area is 232 Å². The number of fused-ring (bicyclic) bond motifs is 1. The predicted octanol–water partition coefficient (Wildman–Crippen LogP) is -3.33. The number of halogens is 1. The number of thioether (sulfide) groups is 1. The smallest absolute Gasteiger partial charge is 0.543 e. The Morgan fingerprint density at radius 1 is 1.49 bits per heavy atom. The van der Waals surface area contributed by atoms with Gasteiger partial charge in [-0.2, -0.15) is 0 Å². The average molecular weight is 549 g/mol. The van der Waals surface area contributed by atoms with E-state index in [0.717, 1.165) is 16.2 Å². The summed E-state index contributed by atoms with van der Waals surface area (Å²) in [5.41, 5.74) is 4.85. The minimum atomic E-state index is -1.56. The van der Waals surface area contributed by atoms with Crippen molar-refractivity contribution in [3.05, 3.63) is 39.2 Å². The maximum absolute atomic E-state index is 12.8. The van der Waals surface area contributed by atoms with Gasteiger partial charge in [-0.1, -0.05) is 34.2 Å². The zero-order valence-corrected chi connectivity index (χ0v) is 22.4. The molecule has 0 bridgehead atoms. The van der Waals surface area contributed by atoms with Crippen LogP contribution in [0.15, 0.2) is 33.1 Å². The van der Waals surface area contributed by atoms with Crippen molar-refractivity contribution in [1.29, 1.82) is 0 Å². The van der Waals surface area contributed by atoms with Crippen molar-refractivity contribution < 1.29 is 63.5 Å². The first-order valence-electron chi connectivity index (χ1n) is 9.28. The van der Waals surface area contributed by atoms with Crippen molar-refractivity contribution in [2.24, 2.45) is 5.16 Å². The van der Waals surface area contributed by atoms with E-state index >= 15 is 0 Å². The summed E-state index contributed by atoms with van der Waals surface area (Å²) in [6.45, 7) is 0. The number of thiazole rings is 1.